The molecule has 1 aromatic carbocycles. The zero-order valence-electron chi connectivity index (χ0n) is 11.5. The second-order valence-corrected chi connectivity index (χ2v) is 6.79. The summed E-state index contributed by atoms with van der Waals surface area (Å²) >= 11 is 0. The highest BCUT2D eigenvalue weighted by atomic mass is 32.2. The van der Waals surface area contributed by atoms with Gasteiger partial charge in [0.25, 0.3) is 0 Å². The molecule has 1 aliphatic heterocycles. The molecule has 1 aromatic rings. The Hall–Kier alpha value is -1.11. The number of sulfonamides is 1. The average molecular weight is 283 g/mol. The van der Waals surface area contributed by atoms with Crippen LogP contribution in [-0.4, -0.2) is 50.3 Å². The highest BCUT2D eigenvalue weighted by Gasteiger charge is 2.28. The monoisotopic (exact) mass is 283 g/mol. The van der Waals surface area contributed by atoms with Crippen LogP contribution in [0.1, 0.15) is 12.5 Å². The smallest absolute Gasteiger partial charge is 0.243 e. The van der Waals surface area contributed by atoms with Gasteiger partial charge in [0.2, 0.25) is 10.0 Å². The van der Waals surface area contributed by atoms with E-state index in [9.17, 15) is 8.42 Å². The van der Waals surface area contributed by atoms with Gasteiger partial charge in [0.1, 0.15) is 0 Å². The van der Waals surface area contributed by atoms with Gasteiger partial charge in [0.15, 0.2) is 0 Å². The Bertz CT molecular complexity index is 549. The van der Waals surface area contributed by atoms with Crippen LogP contribution in [0.25, 0.3) is 0 Å². The second kappa shape index (κ2) is 5.48. The lowest BCUT2D eigenvalue weighted by Gasteiger charge is -2.33. The van der Waals surface area contributed by atoms with Crippen molar-refractivity contribution in [3.05, 3.63) is 23.8 Å². The summed E-state index contributed by atoms with van der Waals surface area (Å²) in [6.07, 6.45) is 0. The third-order valence-corrected chi connectivity index (χ3v) is 5.56. The maximum absolute atomic E-state index is 12.5. The van der Waals surface area contributed by atoms with Gasteiger partial charge in [0.05, 0.1) is 4.90 Å². The third kappa shape index (κ3) is 2.91. The molecule has 19 heavy (non-hydrogen) atoms. The van der Waals surface area contributed by atoms with E-state index in [1.807, 2.05) is 6.92 Å². The van der Waals surface area contributed by atoms with E-state index in [4.69, 9.17) is 5.73 Å². The molecule has 6 heteroatoms. The number of nitrogen functional groups attached to an aromatic ring is 1. The molecular formula is C13H21N3O2S. The fourth-order valence-corrected chi connectivity index (χ4v) is 3.67. The first-order valence-corrected chi connectivity index (χ1v) is 7.98. The van der Waals surface area contributed by atoms with E-state index in [0.29, 0.717) is 23.7 Å². The summed E-state index contributed by atoms with van der Waals surface area (Å²) in [7, 11) is -3.41. The Morgan fingerprint density at radius 2 is 1.84 bits per heavy atom. The number of anilines is 1. The zero-order valence-corrected chi connectivity index (χ0v) is 12.3. The van der Waals surface area contributed by atoms with Gasteiger partial charge in [-0.3, -0.25) is 0 Å². The maximum atomic E-state index is 12.5. The van der Waals surface area contributed by atoms with Gasteiger partial charge in [-0.1, -0.05) is 13.0 Å². The summed E-state index contributed by atoms with van der Waals surface area (Å²) in [6.45, 7) is 7.59. The number of nitrogens with zero attached hydrogens (tertiary/aromatic N) is 2. The minimum atomic E-state index is -3.41. The van der Waals surface area contributed by atoms with Gasteiger partial charge in [-0.2, -0.15) is 4.31 Å². The van der Waals surface area contributed by atoms with Crippen LogP contribution < -0.4 is 5.73 Å². The Kier molecular flexibility index (Phi) is 4.13. The summed E-state index contributed by atoms with van der Waals surface area (Å²) in [4.78, 5) is 2.54. The van der Waals surface area contributed by atoms with Gasteiger partial charge < -0.3 is 10.6 Å². The molecule has 0 saturated carbocycles. The Morgan fingerprint density at radius 1 is 1.21 bits per heavy atom. The van der Waals surface area contributed by atoms with Crippen LogP contribution >= 0.6 is 0 Å². The van der Waals surface area contributed by atoms with Crippen molar-refractivity contribution in [3.63, 3.8) is 0 Å². The molecule has 1 aliphatic rings. The van der Waals surface area contributed by atoms with Gasteiger partial charge in [0, 0.05) is 31.9 Å². The Labute approximate surface area is 115 Å². The van der Waals surface area contributed by atoms with Crippen molar-refractivity contribution in [2.24, 2.45) is 0 Å². The number of hydrogen-bond donors (Lipinski definition) is 1. The van der Waals surface area contributed by atoms with Crippen molar-refractivity contribution in [3.8, 4) is 0 Å². The predicted molar refractivity (Wildman–Crippen MR) is 76.5 cm³/mol. The van der Waals surface area contributed by atoms with E-state index in [1.54, 1.807) is 22.5 Å². The number of hydrogen-bond acceptors (Lipinski definition) is 4. The lowest BCUT2D eigenvalue weighted by molar-refractivity contribution is 0.196. The molecule has 0 atom stereocenters. The maximum Gasteiger partial charge on any atom is 0.243 e. The molecule has 2 N–H and O–H groups in total. The fraction of sp³-hybridized carbons (Fsp3) is 0.538. The van der Waals surface area contributed by atoms with Crippen molar-refractivity contribution in [1.29, 1.82) is 0 Å². The quantitative estimate of drug-likeness (QED) is 0.837. The van der Waals surface area contributed by atoms with Crippen LogP contribution in [-0.2, 0) is 10.0 Å². The first-order chi connectivity index (χ1) is 8.95. The van der Waals surface area contributed by atoms with Crippen LogP contribution in [0.2, 0.25) is 0 Å². The number of likely N-dealkylation sites (N-methyl/N-ethyl adjacent to an activating group) is 1. The lowest BCUT2D eigenvalue weighted by Crippen LogP contribution is -2.48. The van der Waals surface area contributed by atoms with Crippen LogP contribution in [0.3, 0.4) is 0 Å². The number of piperazine rings is 1. The van der Waals surface area contributed by atoms with Crippen molar-refractivity contribution < 1.29 is 8.42 Å². The number of aryl methyl sites for hydroxylation is 1. The van der Waals surface area contributed by atoms with E-state index in [2.05, 4.69) is 11.8 Å². The number of benzene rings is 1. The average Bonchev–Trinajstić information content (AvgIpc) is 2.41. The lowest BCUT2D eigenvalue weighted by atomic mass is 10.2. The second-order valence-electron chi connectivity index (χ2n) is 4.86. The largest absolute Gasteiger partial charge is 0.398 e. The van der Waals surface area contributed by atoms with E-state index in [-0.39, 0.29) is 0 Å². The van der Waals surface area contributed by atoms with Crippen LogP contribution in [0.15, 0.2) is 23.1 Å². The molecule has 2 rings (SSSR count). The van der Waals surface area contributed by atoms with E-state index in [0.717, 1.165) is 25.2 Å². The zero-order chi connectivity index (χ0) is 14.0. The van der Waals surface area contributed by atoms with Gasteiger partial charge in [-0.25, -0.2) is 8.42 Å². The SMILES string of the molecule is CCN1CCN(S(=O)(=O)c2ccc(C)c(N)c2)CC1. The molecule has 1 fully saturated rings. The molecule has 0 unspecified atom stereocenters. The molecule has 0 amide bonds. The standard InChI is InChI=1S/C13H21N3O2S/c1-3-15-6-8-16(9-7-15)19(17,18)12-5-4-11(2)13(14)10-12/h4-5,10H,3,6-9,14H2,1-2H3. The fourth-order valence-electron chi connectivity index (χ4n) is 2.21. The number of rotatable bonds is 3. The highest BCUT2D eigenvalue weighted by Crippen LogP contribution is 2.21. The van der Waals surface area contributed by atoms with Crippen LogP contribution in [0.4, 0.5) is 5.69 Å². The van der Waals surface area contributed by atoms with Crippen molar-refractivity contribution in [2.45, 2.75) is 18.7 Å². The van der Waals surface area contributed by atoms with E-state index < -0.39 is 10.0 Å². The normalized spacial score (nSPS) is 18.6. The summed E-state index contributed by atoms with van der Waals surface area (Å²) in [5, 5.41) is 0. The first kappa shape index (κ1) is 14.3. The van der Waals surface area contributed by atoms with Crippen LogP contribution in [0, 0.1) is 6.92 Å². The van der Waals surface area contributed by atoms with Crippen molar-refractivity contribution in [2.75, 3.05) is 38.5 Å². The number of nitrogens with two attached hydrogens (primary N) is 1. The first-order valence-electron chi connectivity index (χ1n) is 6.53. The Morgan fingerprint density at radius 3 is 2.37 bits per heavy atom. The summed E-state index contributed by atoms with van der Waals surface area (Å²) < 4.78 is 26.5. The molecule has 106 valence electrons. The minimum absolute atomic E-state index is 0.292. The summed E-state index contributed by atoms with van der Waals surface area (Å²) in [5.74, 6) is 0. The topological polar surface area (TPSA) is 66.6 Å². The highest BCUT2D eigenvalue weighted by molar-refractivity contribution is 7.89. The molecule has 0 spiro atoms. The van der Waals surface area contributed by atoms with Crippen molar-refractivity contribution in [1.82, 2.24) is 9.21 Å². The molecule has 0 radical (unpaired) electrons. The Balaban J connectivity index is 2.21. The molecule has 0 aliphatic carbocycles. The van der Waals surface area contributed by atoms with E-state index in [1.165, 1.54) is 0 Å². The van der Waals surface area contributed by atoms with Gasteiger partial charge >= 0.3 is 0 Å². The molecule has 0 bridgehead atoms. The van der Waals surface area contributed by atoms with Gasteiger partial charge in [-0.15, -0.1) is 0 Å². The molecule has 5 nitrogen and oxygen atoms in total. The predicted octanol–water partition coefficient (Wildman–Crippen LogP) is 0.903. The van der Waals surface area contributed by atoms with E-state index >= 15 is 0 Å². The molecular weight excluding hydrogens is 262 g/mol. The molecule has 1 saturated heterocycles. The third-order valence-electron chi connectivity index (χ3n) is 3.67. The van der Waals surface area contributed by atoms with Crippen molar-refractivity contribution >= 4 is 15.7 Å². The minimum Gasteiger partial charge on any atom is -0.398 e. The molecule has 0 aromatic heterocycles. The van der Waals surface area contributed by atoms with Gasteiger partial charge in [-0.05, 0) is 31.2 Å². The summed E-state index contributed by atoms with van der Waals surface area (Å²) in [5.41, 5.74) is 7.22. The van der Waals surface area contributed by atoms with Crippen LogP contribution in [0.5, 0.6) is 0 Å². The molecule has 1 heterocycles. The summed E-state index contributed by atoms with van der Waals surface area (Å²) in [6, 6.07) is 4.94.